The summed E-state index contributed by atoms with van der Waals surface area (Å²) in [5.74, 6) is 0.173. The predicted octanol–water partition coefficient (Wildman–Crippen LogP) is 9.79. The number of rotatable bonds is 28. The molecule has 0 aromatic heterocycles. The normalized spacial score (nSPS) is 11.2. The Bertz CT molecular complexity index is 386. The van der Waals surface area contributed by atoms with Gasteiger partial charge in [-0.2, -0.15) is 0 Å². The predicted molar refractivity (Wildman–Crippen MR) is 143 cm³/mol. The highest BCUT2D eigenvalue weighted by Gasteiger charge is 2.08. The van der Waals surface area contributed by atoms with Gasteiger partial charge in [0.15, 0.2) is 0 Å². The van der Waals surface area contributed by atoms with Gasteiger partial charge >= 0.3 is 0 Å². The Morgan fingerprint density at radius 2 is 0.879 bits per heavy atom. The van der Waals surface area contributed by atoms with Crippen molar-refractivity contribution in [3.63, 3.8) is 0 Å². The average Bonchev–Trinajstić information content (AvgIpc) is 2.83. The van der Waals surface area contributed by atoms with Crippen molar-refractivity contribution in [2.24, 2.45) is 11.0 Å². The van der Waals surface area contributed by atoms with E-state index in [1.807, 2.05) is 0 Å². The Morgan fingerprint density at radius 1 is 0.545 bits per heavy atom. The molecule has 0 atom stereocenters. The molecule has 0 aliphatic rings. The fourth-order valence-corrected chi connectivity index (χ4v) is 4.19. The van der Waals surface area contributed by atoms with Crippen molar-refractivity contribution in [3.05, 3.63) is 10.4 Å². The maximum atomic E-state index is 8.64. The Labute approximate surface area is 206 Å². The quantitative estimate of drug-likeness (QED) is 0.0497. The van der Waals surface area contributed by atoms with Gasteiger partial charge in [0.05, 0.1) is 13.2 Å². The third-order valence-electron chi connectivity index (χ3n) is 6.39. The molecular weight excluding hydrogens is 410 g/mol. The number of hydrogen-bond donors (Lipinski definition) is 0. The van der Waals surface area contributed by atoms with Gasteiger partial charge in [0, 0.05) is 30.6 Å². The number of hydrogen-bond acceptors (Lipinski definition) is 3. The van der Waals surface area contributed by atoms with Crippen LogP contribution in [-0.4, -0.2) is 33.0 Å². The van der Waals surface area contributed by atoms with E-state index in [0.717, 1.165) is 26.1 Å². The van der Waals surface area contributed by atoms with Crippen molar-refractivity contribution in [2.75, 3.05) is 33.0 Å². The van der Waals surface area contributed by atoms with Gasteiger partial charge < -0.3 is 9.47 Å². The number of azide groups is 1. The molecule has 0 saturated heterocycles. The van der Waals surface area contributed by atoms with Gasteiger partial charge in [-0.3, -0.25) is 0 Å². The Morgan fingerprint density at radius 3 is 1.21 bits per heavy atom. The highest BCUT2D eigenvalue weighted by molar-refractivity contribution is 4.62. The van der Waals surface area contributed by atoms with Crippen molar-refractivity contribution in [3.8, 4) is 0 Å². The summed E-state index contributed by atoms with van der Waals surface area (Å²) in [6.07, 6.45) is 26.8. The average molecular weight is 468 g/mol. The minimum Gasteiger partial charge on any atom is -0.381 e. The zero-order valence-electron chi connectivity index (χ0n) is 22.4. The van der Waals surface area contributed by atoms with Crippen molar-refractivity contribution >= 4 is 0 Å². The molecule has 196 valence electrons. The molecule has 0 amide bonds. The van der Waals surface area contributed by atoms with Crippen molar-refractivity contribution in [1.82, 2.24) is 0 Å². The first kappa shape index (κ1) is 32.2. The maximum absolute atomic E-state index is 8.64. The molecule has 33 heavy (non-hydrogen) atoms. The summed E-state index contributed by atoms with van der Waals surface area (Å²) >= 11 is 0. The van der Waals surface area contributed by atoms with E-state index in [1.54, 1.807) is 0 Å². The molecule has 0 aromatic rings. The van der Waals surface area contributed by atoms with Crippen molar-refractivity contribution in [2.45, 2.75) is 142 Å². The second-order valence-corrected chi connectivity index (χ2v) is 9.79. The lowest BCUT2D eigenvalue weighted by atomic mass is 10.1. The zero-order valence-corrected chi connectivity index (χ0v) is 22.4. The maximum Gasteiger partial charge on any atom is 0.0517 e. The highest BCUT2D eigenvalue weighted by Crippen LogP contribution is 2.12. The third-order valence-corrected chi connectivity index (χ3v) is 6.39. The molecule has 0 spiro atoms. The topological polar surface area (TPSA) is 67.2 Å². The summed E-state index contributed by atoms with van der Waals surface area (Å²) in [7, 11) is 0. The highest BCUT2D eigenvalue weighted by atomic mass is 16.5. The number of unbranched alkanes of at least 4 members (excludes halogenated alkanes) is 18. The van der Waals surface area contributed by atoms with Crippen LogP contribution in [0.3, 0.4) is 0 Å². The smallest absolute Gasteiger partial charge is 0.0517 e. The van der Waals surface area contributed by atoms with Crippen LogP contribution in [-0.2, 0) is 9.47 Å². The molecule has 0 bridgehead atoms. The lowest BCUT2D eigenvalue weighted by Gasteiger charge is -2.15. The van der Waals surface area contributed by atoms with Gasteiger partial charge in [-0.1, -0.05) is 135 Å². The number of ether oxygens (including phenoxy) is 2. The molecule has 5 heteroatoms. The van der Waals surface area contributed by atoms with Crippen LogP contribution in [0.2, 0.25) is 0 Å². The molecule has 0 rings (SSSR count). The third kappa shape index (κ3) is 27.4. The van der Waals surface area contributed by atoms with Gasteiger partial charge in [0.25, 0.3) is 0 Å². The van der Waals surface area contributed by atoms with Gasteiger partial charge in [-0.05, 0) is 18.4 Å². The van der Waals surface area contributed by atoms with Gasteiger partial charge in [-0.25, -0.2) is 0 Å². The Hall–Kier alpha value is -0.770. The van der Waals surface area contributed by atoms with Crippen molar-refractivity contribution in [1.29, 1.82) is 0 Å². The Balaban J connectivity index is 3.52. The van der Waals surface area contributed by atoms with Crippen LogP contribution >= 0.6 is 0 Å². The molecular formula is C28H57N3O2. The summed E-state index contributed by atoms with van der Waals surface area (Å²) in [6, 6.07) is 0. The first-order chi connectivity index (χ1) is 16.3. The summed E-state index contributed by atoms with van der Waals surface area (Å²) in [6.45, 7) is 7.89. The molecule has 0 radical (unpaired) electrons. The minimum absolute atomic E-state index is 0.173. The minimum atomic E-state index is 0.173. The van der Waals surface area contributed by atoms with E-state index in [2.05, 4.69) is 23.9 Å². The van der Waals surface area contributed by atoms with Crippen LogP contribution in [0, 0.1) is 5.92 Å². The van der Waals surface area contributed by atoms with E-state index in [9.17, 15) is 0 Å². The van der Waals surface area contributed by atoms with Crippen LogP contribution in [0.5, 0.6) is 0 Å². The lowest BCUT2D eigenvalue weighted by molar-refractivity contribution is 0.0399. The fraction of sp³-hybridized carbons (Fsp3) is 1.00. The van der Waals surface area contributed by atoms with Crippen LogP contribution in [0.15, 0.2) is 5.11 Å². The SMILES string of the molecule is CCCCCCCCCCCCOCC(CN=[N+]=[N-])COCCCCCCCCCCCC. The lowest BCUT2D eigenvalue weighted by Crippen LogP contribution is -2.20. The monoisotopic (exact) mass is 467 g/mol. The van der Waals surface area contributed by atoms with Crippen LogP contribution in [0.25, 0.3) is 10.4 Å². The molecule has 0 aliphatic heterocycles. The molecule has 5 nitrogen and oxygen atoms in total. The summed E-state index contributed by atoms with van der Waals surface area (Å²) in [5.41, 5.74) is 8.64. The molecule has 0 saturated carbocycles. The molecule has 0 N–H and O–H groups in total. The van der Waals surface area contributed by atoms with E-state index in [-0.39, 0.29) is 5.92 Å². The second-order valence-electron chi connectivity index (χ2n) is 9.79. The van der Waals surface area contributed by atoms with E-state index in [4.69, 9.17) is 15.0 Å². The van der Waals surface area contributed by atoms with Gasteiger partial charge in [0.2, 0.25) is 0 Å². The largest absolute Gasteiger partial charge is 0.381 e. The van der Waals surface area contributed by atoms with Crippen molar-refractivity contribution < 1.29 is 9.47 Å². The molecule has 0 aromatic carbocycles. The summed E-state index contributed by atoms with van der Waals surface area (Å²) in [5, 5.41) is 3.74. The van der Waals surface area contributed by atoms with Crippen LogP contribution < -0.4 is 0 Å². The van der Waals surface area contributed by atoms with Crippen LogP contribution in [0.1, 0.15) is 142 Å². The summed E-state index contributed by atoms with van der Waals surface area (Å²) in [4.78, 5) is 2.91. The van der Waals surface area contributed by atoms with Gasteiger partial charge in [0.1, 0.15) is 0 Å². The first-order valence-corrected chi connectivity index (χ1v) is 14.5. The van der Waals surface area contributed by atoms with E-state index >= 15 is 0 Å². The fourth-order valence-electron chi connectivity index (χ4n) is 4.19. The molecule has 0 unspecified atom stereocenters. The first-order valence-electron chi connectivity index (χ1n) is 14.5. The van der Waals surface area contributed by atoms with E-state index < -0.39 is 0 Å². The second kappa shape index (κ2) is 29.3. The number of nitrogens with zero attached hydrogens (tertiary/aromatic N) is 3. The Kier molecular flexibility index (Phi) is 28.6. The van der Waals surface area contributed by atoms with E-state index in [0.29, 0.717) is 19.8 Å². The molecule has 0 fully saturated rings. The summed E-state index contributed by atoms with van der Waals surface area (Å²) < 4.78 is 11.7. The van der Waals surface area contributed by atoms with E-state index in [1.165, 1.54) is 116 Å². The standard InChI is InChI=1S/C28H57N3O2/c1-3-5-7-9-11-13-15-17-19-21-23-32-26-28(25-30-31-29)27-33-24-22-20-18-16-14-12-10-8-6-4-2/h28H,3-27H2,1-2H3. The molecule has 0 heterocycles. The zero-order chi connectivity index (χ0) is 24.1. The molecule has 0 aliphatic carbocycles. The van der Waals surface area contributed by atoms with Gasteiger partial charge in [-0.15, -0.1) is 0 Å². The van der Waals surface area contributed by atoms with Crippen LogP contribution in [0.4, 0.5) is 0 Å².